The van der Waals surface area contributed by atoms with Crippen LogP contribution in [0.25, 0.3) is 0 Å². The van der Waals surface area contributed by atoms with Gasteiger partial charge in [-0.15, -0.1) is 0 Å². The lowest BCUT2D eigenvalue weighted by Gasteiger charge is -2.18. The van der Waals surface area contributed by atoms with Crippen molar-refractivity contribution in [2.75, 3.05) is 18.6 Å². The molecule has 1 aliphatic heterocycles. The third-order valence-corrected chi connectivity index (χ3v) is 4.55. The number of benzene rings is 2. The van der Waals surface area contributed by atoms with Crippen LogP contribution in [-0.4, -0.2) is 25.5 Å². The van der Waals surface area contributed by atoms with E-state index in [9.17, 15) is 9.59 Å². The molecular weight excluding hydrogens is 374 g/mol. The average molecular weight is 390 g/mol. The van der Waals surface area contributed by atoms with Crippen LogP contribution in [0.5, 0.6) is 11.5 Å². The summed E-state index contributed by atoms with van der Waals surface area (Å²) in [5, 5.41) is 0. The number of ether oxygens (including phenoxy) is 2. The second-order valence-electron chi connectivity index (χ2n) is 5.45. The Balaban J connectivity index is 1.68. The molecular formula is C18H16BrNO4. The number of carbonyl (C=O) groups excluding carboxylic acids is 2. The standard InChI is InChI=1S/C18H16BrNO4/c1-23-13-6-8-14(9-7-13)24-18(22)12-10-17(21)20(11-12)16-5-3-2-4-15(16)19/h2-9,12H,10-11H2,1H3. The fourth-order valence-electron chi connectivity index (χ4n) is 2.61. The number of hydrogen-bond acceptors (Lipinski definition) is 4. The minimum atomic E-state index is -0.480. The third kappa shape index (κ3) is 3.43. The number of amides is 1. The summed E-state index contributed by atoms with van der Waals surface area (Å²) in [5.41, 5.74) is 0.766. The summed E-state index contributed by atoms with van der Waals surface area (Å²) in [6.07, 6.45) is 0.149. The van der Waals surface area contributed by atoms with Crippen LogP contribution in [0.3, 0.4) is 0 Å². The van der Waals surface area contributed by atoms with Crippen molar-refractivity contribution >= 4 is 33.5 Å². The third-order valence-electron chi connectivity index (χ3n) is 3.88. The smallest absolute Gasteiger partial charge is 0.316 e. The molecule has 2 aromatic rings. The van der Waals surface area contributed by atoms with E-state index in [-0.39, 0.29) is 12.3 Å². The molecule has 2 aromatic carbocycles. The van der Waals surface area contributed by atoms with Crippen molar-refractivity contribution in [2.24, 2.45) is 5.92 Å². The number of nitrogens with zero attached hydrogens (tertiary/aromatic N) is 1. The van der Waals surface area contributed by atoms with Crippen LogP contribution in [0, 0.1) is 5.92 Å². The first-order valence-electron chi connectivity index (χ1n) is 7.49. The Labute approximate surface area is 148 Å². The molecule has 0 N–H and O–H groups in total. The molecule has 1 fully saturated rings. The van der Waals surface area contributed by atoms with Crippen LogP contribution >= 0.6 is 15.9 Å². The first-order chi connectivity index (χ1) is 11.6. The van der Waals surface area contributed by atoms with Crippen LogP contribution in [-0.2, 0) is 9.59 Å². The van der Waals surface area contributed by atoms with E-state index in [2.05, 4.69) is 15.9 Å². The number of carbonyl (C=O) groups is 2. The molecule has 6 heteroatoms. The van der Waals surface area contributed by atoms with E-state index >= 15 is 0 Å². The summed E-state index contributed by atoms with van der Waals surface area (Å²) in [6, 6.07) is 14.2. The molecule has 1 saturated heterocycles. The predicted molar refractivity (Wildman–Crippen MR) is 93.2 cm³/mol. The van der Waals surface area contributed by atoms with Crippen LogP contribution in [0.1, 0.15) is 6.42 Å². The van der Waals surface area contributed by atoms with Gasteiger partial charge in [0.25, 0.3) is 0 Å². The molecule has 0 radical (unpaired) electrons. The van der Waals surface area contributed by atoms with Gasteiger partial charge in [0.05, 0.1) is 18.7 Å². The Morgan fingerprint density at radius 2 is 1.79 bits per heavy atom. The van der Waals surface area contributed by atoms with Gasteiger partial charge < -0.3 is 14.4 Å². The molecule has 0 bridgehead atoms. The summed E-state index contributed by atoms with van der Waals surface area (Å²) in [6.45, 7) is 0.316. The second-order valence-corrected chi connectivity index (χ2v) is 6.31. The van der Waals surface area contributed by atoms with Crippen molar-refractivity contribution in [1.29, 1.82) is 0 Å². The predicted octanol–water partition coefficient (Wildman–Crippen LogP) is 3.42. The van der Waals surface area contributed by atoms with Gasteiger partial charge in [-0.1, -0.05) is 12.1 Å². The fourth-order valence-corrected chi connectivity index (χ4v) is 3.11. The highest BCUT2D eigenvalue weighted by atomic mass is 79.9. The van der Waals surface area contributed by atoms with Crippen LogP contribution in [0.2, 0.25) is 0 Å². The van der Waals surface area contributed by atoms with Gasteiger partial charge in [0.1, 0.15) is 11.5 Å². The number of para-hydroxylation sites is 1. The highest BCUT2D eigenvalue weighted by Crippen LogP contribution is 2.32. The van der Waals surface area contributed by atoms with Gasteiger partial charge in [-0.05, 0) is 52.3 Å². The zero-order chi connectivity index (χ0) is 17.1. The maximum atomic E-state index is 12.3. The van der Waals surface area contributed by atoms with Crippen LogP contribution in [0.15, 0.2) is 53.0 Å². The summed E-state index contributed by atoms with van der Waals surface area (Å²) in [7, 11) is 1.57. The normalized spacial score (nSPS) is 17.0. The summed E-state index contributed by atoms with van der Waals surface area (Å²) in [4.78, 5) is 26.2. The van der Waals surface area contributed by atoms with Crippen molar-refractivity contribution in [3.63, 3.8) is 0 Å². The minimum Gasteiger partial charge on any atom is -0.497 e. The topological polar surface area (TPSA) is 55.8 Å². The van der Waals surface area contributed by atoms with Crippen LogP contribution < -0.4 is 14.4 Å². The maximum absolute atomic E-state index is 12.3. The quantitative estimate of drug-likeness (QED) is 0.593. The molecule has 1 atom stereocenters. The first-order valence-corrected chi connectivity index (χ1v) is 8.28. The average Bonchev–Trinajstić information content (AvgIpc) is 2.98. The van der Waals surface area contributed by atoms with E-state index in [1.54, 1.807) is 36.3 Å². The van der Waals surface area contributed by atoms with Gasteiger partial charge in [0, 0.05) is 17.4 Å². The Hall–Kier alpha value is -2.34. The number of rotatable bonds is 4. The van der Waals surface area contributed by atoms with E-state index in [0.29, 0.717) is 18.0 Å². The molecule has 1 unspecified atom stereocenters. The van der Waals surface area contributed by atoms with Crippen molar-refractivity contribution in [3.8, 4) is 11.5 Å². The number of anilines is 1. The number of hydrogen-bond donors (Lipinski definition) is 0. The maximum Gasteiger partial charge on any atom is 0.316 e. The largest absolute Gasteiger partial charge is 0.497 e. The lowest BCUT2D eigenvalue weighted by Crippen LogP contribution is -2.27. The van der Waals surface area contributed by atoms with Gasteiger partial charge in [-0.2, -0.15) is 0 Å². The van der Waals surface area contributed by atoms with E-state index in [4.69, 9.17) is 9.47 Å². The van der Waals surface area contributed by atoms with Crippen molar-refractivity contribution in [3.05, 3.63) is 53.0 Å². The molecule has 0 aliphatic carbocycles. The van der Waals surface area contributed by atoms with Crippen molar-refractivity contribution in [1.82, 2.24) is 0 Å². The van der Waals surface area contributed by atoms with E-state index in [1.807, 2.05) is 24.3 Å². The SMILES string of the molecule is COc1ccc(OC(=O)C2CC(=O)N(c3ccccc3Br)C2)cc1. The van der Waals surface area contributed by atoms with Gasteiger partial charge in [-0.3, -0.25) is 9.59 Å². The first kappa shape index (κ1) is 16.5. The molecule has 0 aromatic heterocycles. The van der Waals surface area contributed by atoms with Crippen LogP contribution in [0.4, 0.5) is 5.69 Å². The van der Waals surface area contributed by atoms with E-state index < -0.39 is 11.9 Å². The molecule has 24 heavy (non-hydrogen) atoms. The monoisotopic (exact) mass is 389 g/mol. The summed E-state index contributed by atoms with van der Waals surface area (Å²) >= 11 is 3.44. The van der Waals surface area contributed by atoms with Crippen molar-refractivity contribution < 1.29 is 19.1 Å². The van der Waals surface area contributed by atoms with Gasteiger partial charge in [0.2, 0.25) is 5.91 Å². The fraction of sp³-hybridized carbons (Fsp3) is 0.222. The molecule has 1 heterocycles. The number of esters is 1. The highest BCUT2D eigenvalue weighted by Gasteiger charge is 2.37. The summed E-state index contributed by atoms with van der Waals surface area (Å²) < 4.78 is 11.3. The number of methoxy groups -OCH3 is 1. The molecule has 0 saturated carbocycles. The van der Waals surface area contributed by atoms with Gasteiger partial charge in [0.15, 0.2) is 0 Å². The Bertz CT molecular complexity index is 760. The van der Waals surface area contributed by atoms with E-state index in [1.165, 1.54) is 0 Å². The molecule has 0 spiro atoms. The zero-order valence-electron chi connectivity index (χ0n) is 13.1. The molecule has 3 rings (SSSR count). The molecule has 5 nitrogen and oxygen atoms in total. The van der Waals surface area contributed by atoms with E-state index in [0.717, 1.165) is 10.2 Å². The lowest BCUT2D eigenvalue weighted by molar-refractivity contribution is -0.139. The lowest BCUT2D eigenvalue weighted by atomic mass is 10.1. The zero-order valence-corrected chi connectivity index (χ0v) is 14.7. The number of halogens is 1. The van der Waals surface area contributed by atoms with Gasteiger partial charge >= 0.3 is 5.97 Å². The van der Waals surface area contributed by atoms with Crippen molar-refractivity contribution in [2.45, 2.75) is 6.42 Å². The Morgan fingerprint density at radius 1 is 1.12 bits per heavy atom. The Kier molecular flexibility index (Phi) is 4.85. The Morgan fingerprint density at radius 3 is 2.46 bits per heavy atom. The highest BCUT2D eigenvalue weighted by molar-refractivity contribution is 9.10. The molecule has 1 amide bonds. The molecule has 124 valence electrons. The summed E-state index contributed by atoms with van der Waals surface area (Å²) in [5.74, 6) is 0.159. The second kappa shape index (κ2) is 7.05. The van der Waals surface area contributed by atoms with Gasteiger partial charge in [-0.25, -0.2) is 0 Å². The molecule has 1 aliphatic rings. The minimum absolute atomic E-state index is 0.0846.